The monoisotopic (exact) mass is 212 g/mol. The lowest BCUT2D eigenvalue weighted by Crippen LogP contribution is -2.42. The Kier molecular flexibility index (Phi) is 2.63. The Hall–Kier alpha value is -1.50. The molecule has 15 heavy (non-hydrogen) atoms. The van der Waals surface area contributed by atoms with Gasteiger partial charge in [-0.2, -0.15) is 0 Å². The summed E-state index contributed by atoms with van der Waals surface area (Å²) in [7, 11) is 0. The van der Waals surface area contributed by atoms with E-state index in [-0.39, 0.29) is 6.42 Å². The van der Waals surface area contributed by atoms with E-state index in [1.54, 1.807) is 4.68 Å². The summed E-state index contributed by atoms with van der Waals surface area (Å²) < 4.78 is 6.77. The number of nitrogens with zero attached hydrogens (tertiary/aromatic N) is 4. The molecule has 0 atom stereocenters. The van der Waals surface area contributed by atoms with E-state index in [1.807, 2.05) is 0 Å². The van der Waals surface area contributed by atoms with Gasteiger partial charge in [0.2, 0.25) is 0 Å². The second-order valence-corrected chi connectivity index (χ2v) is 3.66. The molecule has 0 bridgehead atoms. The maximum atomic E-state index is 10.8. The van der Waals surface area contributed by atoms with Crippen LogP contribution in [0.5, 0.6) is 0 Å². The molecule has 0 aliphatic carbocycles. The first-order chi connectivity index (χ1) is 7.23. The van der Waals surface area contributed by atoms with Gasteiger partial charge in [0.15, 0.2) is 0 Å². The predicted molar refractivity (Wildman–Crippen MR) is 48.1 cm³/mol. The minimum atomic E-state index is -0.840. The summed E-state index contributed by atoms with van der Waals surface area (Å²) in [6.45, 7) is 1.10. The van der Waals surface area contributed by atoms with Gasteiger partial charge < -0.3 is 9.84 Å². The summed E-state index contributed by atoms with van der Waals surface area (Å²) >= 11 is 0. The standard InChI is InChI=1S/C8H12N4O3/c13-7(14)5-8(1-3-15-4-2-8)12-6-9-10-11-12/h6H,1-5H2,(H,13,14). The first-order valence-electron chi connectivity index (χ1n) is 4.76. The molecule has 1 aromatic heterocycles. The fourth-order valence-electron chi connectivity index (χ4n) is 1.90. The van der Waals surface area contributed by atoms with Crippen LogP contribution in [0.4, 0.5) is 0 Å². The first kappa shape index (κ1) is 10.0. The maximum Gasteiger partial charge on any atom is 0.305 e. The molecule has 2 heterocycles. The SMILES string of the molecule is O=C(O)CC1(n2cnnn2)CCOCC1. The van der Waals surface area contributed by atoms with E-state index in [0.29, 0.717) is 26.1 Å². The van der Waals surface area contributed by atoms with Crippen LogP contribution in [0.1, 0.15) is 19.3 Å². The maximum absolute atomic E-state index is 10.8. The van der Waals surface area contributed by atoms with Crippen molar-refractivity contribution in [3.63, 3.8) is 0 Å². The van der Waals surface area contributed by atoms with Gasteiger partial charge in [-0.3, -0.25) is 4.79 Å². The lowest BCUT2D eigenvalue weighted by atomic mass is 9.87. The molecule has 7 nitrogen and oxygen atoms in total. The van der Waals surface area contributed by atoms with Crippen molar-refractivity contribution in [2.24, 2.45) is 0 Å². The van der Waals surface area contributed by atoms with Crippen molar-refractivity contribution in [2.45, 2.75) is 24.8 Å². The molecule has 1 aromatic rings. The lowest BCUT2D eigenvalue weighted by molar-refractivity contribution is -0.141. The molecular weight excluding hydrogens is 200 g/mol. The van der Waals surface area contributed by atoms with Gasteiger partial charge in [-0.05, 0) is 23.3 Å². The van der Waals surface area contributed by atoms with Gasteiger partial charge in [-0.1, -0.05) is 0 Å². The van der Waals surface area contributed by atoms with Crippen molar-refractivity contribution in [3.05, 3.63) is 6.33 Å². The summed E-state index contributed by atoms with van der Waals surface area (Å²) in [5, 5.41) is 19.8. The molecule has 0 saturated carbocycles. The zero-order valence-electron chi connectivity index (χ0n) is 8.17. The first-order valence-corrected chi connectivity index (χ1v) is 4.76. The second-order valence-electron chi connectivity index (χ2n) is 3.66. The van der Waals surface area contributed by atoms with E-state index in [9.17, 15) is 4.79 Å². The summed E-state index contributed by atoms with van der Waals surface area (Å²) in [5.74, 6) is -0.840. The molecule has 0 amide bonds. The van der Waals surface area contributed by atoms with Gasteiger partial charge in [0.25, 0.3) is 0 Å². The van der Waals surface area contributed by atoms with Gasteiger partial charge in [-0.25, -0.2) is 4.68 Å². The van der Waals surface area contributed by atoms with Crippen molar-refractivity contribution in [3.8, 4) is 0 Å². The Bertz CT molecular complexity index is 332. The van der Waals surface area contributed by atoms with Crippen molar-refractivity contribution in [1.82, 2.24) is 20.2 Å². The number of carboxylic acid groups (broad SMARTS) is 1. The average molecular weight is 212 g/mol. The van der Waals surface area contributed by atoms with Crippen molar-refractivity contribution < 1.29 is 14.6 Å². The number of hydrogen-bond donors (Lipinski definition) is 1. The number of aromatic nitrogens is 4. The van der Waals surface area contributed by atoms with E-state index in [1.165, 1.54) is 6.33 Å². The Morgan fingerprint density at radius 1 is 1.53 bits per heavy atom. The van der Waals surface area contributed by atoms with Crippen LogP contribution >= 0.6 is 0 Å². The van der Waals surface area contributed by atoms with E-state index in [4.69, 9.17) is 9.84 Å². The predicted octanol–water partition coefficient (Wildman–Crippen LogP) is -0.347. The number of carboxylic acids is 1. The molecule has 1 aliphatic rings. The summed E-state index contributed by atoms with van der Waals surface area (Å²) in [5.41, 5.74) is -0.520. The molecular formula is C8H12N4O3. The summed E-state index contributed by atoms with van der Waals surface area (Å²) in [6.07, 6.45) is 2.75. The Labute approximate surface area is 86.0 Å². The molecule has 1 fully saturated rings. The van der Waals surface area contributed by atoms with Crippen molar-refractivity contribution in [2.75, 3.05) is 13.2 Å². The van der Waals surface area contributed by atoms with Crippen LogP contribution in [0, 0.1) is 0 Å². The largest absolute Gasteiger partial charge is 0.481 e. The van der Waals surface area contributed by atoms with Crippen LogP contribution in [0.2, 0.25) is 0 Å². The van der Waals surface area contributed by atoms with Gasteiger partial charge >= 0.3 is 5.97 Å². The Balaban J connectivity index is 2.25. The molecule has 7 heteroatoms. The molecule has 1 aliphatic heterocycles. The summed E-state index contributed by atoms with van der Waals surface area (Å²) in [4.78, 5) is 10.8. The number of ether oxygens (including phenoxy) is 1. The van der Waals surface area contributed by atoms with Crippen LogP contribution in [0.3, 0.4) is 0 Å². The highest BCUT2D eigenvalue weighted by Gasteiger charge is 2.37. The van der Waals surface area contributed by atoms with Gasteiger partial charge in [0, 0.05) is 13.2 Å². The molecule has 0 unspecified atom stereocenters. The van der Waals surface area contributed by atoms with Gasteiger partial charge in [-0.15, -0.1) is 5.10 Å². The average Bonchev–Trinajstić information content (AvgIpc) is 2.71. The van der Waals surface area contributed by atoms with E-state index < -0.39 is 11.5 Å². The summed E-state index contributed by atoms with van der Waals surface area (Å²) in [6, 6.07) is 0. The second kappa shape index (κ2) is 3.93. The zero-order chi connectivity index (χ0) is 10.7. The number of aliphatic carboxylic acids is 1. The van der Waals surface area contributed by atoms with Gasteiger partial charge in [0.05, 0.1) is 12.0 Å². The normalized spacial score (nSPS) is 20.0. The minimum Gasteiger partial charge on any atom is -0.481 e. The third-order valence-corrected chi connectivity index (χ3v) is 2.74. The molecule has 2 rings (SSSR count). The Morgan fingerprint density at radius 2 is 2.27 bits per heavy atom. The van der Waals surface area contributed by atoms with Crippen molar-refractivity contribution in [1.29, 1.82) is 0 Å². The van der Waals surface area contributed by atoms with Crippen LogP contribution in [-0.4, -0.2) is 44.5 Å². The molecule has 82 valence electrons. The zero-order valence-corrected chi connectivity index (χ0v) is 8.17. The fourth-order valence-corrected chi connectivity index (χ4v) is 1.90. The third kappa shape index (κ3) is 1.96. The number of carbonyl (C=O) groups is 1. The van der Waals surface area contributed by atoms with Crippen LogP contribution < -0.4 is 0 Å². The quantitative estimate of drug-likeness (QED) is 0.736. The third-order valence-electron chi connectivity index (χ3n) is 2.74. The van der Waals surface area contributed by atoms with Crippen LogP contribution in [-0.2, 0) is 15.1 Å². The molecule has 1 N–H and O–H groups in total. The number of tetrazole rings is 1. The highest BCUT2D eigenvalue weighted by molar-refractivity contribution is 5.68. The van der Waals surface area contributed by atoms with Gasteiger partial charge in [0.1, 0.15) is 6.33 Å². The highest BCUT2D eigenvalue weighted by Crippen LogP contribution is 2.31. The van der Waals surface area contributed by atoms with E-state index in [2.05, 4.69) is 15.5 Å². The lowest BCUT2D eigenvalue weighted by Gasteiger charge is -2.35. The van der Waals surface area contributed by atoms with Crippen LogP contribution in [0.25, 0.3) is 0 Å². The molecule has 0 aromatic carbocycles. The Morgan fingerprint density at radius 3 is 2.80 bits per heavy atom. The molecule has 0 radical (unpaired) electrons. The number of hydrogen-bond acceptors (Lipinski definition) is 5. The highest BCUT2D eigenvalue weighted by atomic mass is 16.5. The smallest absolute Gasteiger partial charge is 0.305 e. The fraction of sp³-hybridized carbons (Fsp3) is 0.750. The molecule has 0 spiro atoms. The topological polar surface area (TPSA) is 90.1 Å². The van der Waals surface area contributed by atoms with E-state index in [0.717, 1.165) is 0 Å². The molecule has 1 saturated heterocycles. The van der Waals surface area contributed by atoms with Crippen molar-refractivity contribution >= 4 is 5.97 Å². The van der Waals surface area contributed by atoms with Crippen LogP contribution in [0.15, 0.2) is 6.33 Å². The van der Waals surface area contributed by atoms with E-state index >= 15 is 0 Å². The minimum absolute atomic E-state index is 0.0292. The number of rotatable bonds is 3.